The van der Waals surface area contributed by atoms with Crippen molar-refractivity contribution >= 4 is 11.2 Å². The summed E-state index contributed by atoms with van der Waals surface area (Å²) in [4.78, 5) is 16.1. The van der Waals surface area contributed by atoms with Crippen molar-refractivity contribution in [1.82, 2.24) is 24.5 Å². The number of fused-ring (bicyclic) bond motifs is 1. The molecular formula is C10H13N5O. The molecule has 0 amide bonds. The summed E-state index contributed by atoms with van der Waals surface area (Å²) in [6.45, 7) is 6.35. The molecule has 0 spiro atoms. The number of allylic oxidation sites excluding steroid dienone is 1. The Balaban J connectivity index is 2.53. The van der Waals surface area contributed by atoms with E-state index in [0.717, 1.165) is 12.0 Å². The fraction of sp³-hybridized carbons (Fsp3) is 0.400. The average Bonchev–Trinajstić information content (AvgIpc) is 2.65. The number of nitrogens with zero attached hydrogens (tertiary/aromatic N) is 5. The lowest BCUT2D eigenvalue weighted by atomic mass is 10.2. The summed E-state index contributed by atoms with van der Waals surface area (Å²) in [7, 11) is 1.71. The highest BCUT2D eigenvalue weighted by Crippen LogP contribution is 2.02. The number of aryl methyl sites for hydroxylation is 1. The lowest BCUT2D eigenvalue weighted by molar-refractivity contribution is 0.711. The van der Waals surface area contributed by atoms with Gasteiger partial charge in [0.15, 0.2) is 11.2 Å². The molecule has 16 heavy (non-hydrogen) atoms. The summed E-state index contributed by atoms with van der Waals surface area (Å²) < 4.78 is 2.98. The smallest absolute Gasteiger partial charge is 0.283 e. The molecule has 0 aliphatic carbocycles. The monoisotopic (exact) mass is 219 g/mol. The van der Waals surface area contributed by atoms with Crippen LogP contribution in [0.2, 0.25) is 0 Å². The van der Waals surface area contributed by atoms with Gasteiger partial charge in [-0.3, -0.25) is 9.36 Å². The Morgan fingerprint density at radius 3 is 3.00 bits per heavy atom. The Morgan fingerprint density at radius 1 is 1.56 bits per heavy atom. The molecule has 0 saturated carbocycles. The molecule has 2 rings (SSSR count). The first-order chi connectivity index (χ1) is 7.63. The summed E-state index contributed by atoms with van der Waals surface area (Å²) in [5.41, 5.74) is 1.61. The molecule has 0 aromatic carbocycles. The van der Waals surface area contributed by atoms with Crippen LogP contribution in [0.3, 0.4) is 0 Å². The van der Waals surface area contributed by atoms with Crippen molar-refractivity contribution in [3.05, 3.63) is 28.8 Å². The van der Waals surface area contributed by atoms with Crippen LogP contribution in [0.25, 0.3) is 11.2 Å². The highest BCUT2D eigenvalue weighted by molar-refractivity contribution is 5.67. The van der Waals surface area contributed by atoms with Crippen molar-refractivity contribution in [2.45, 2.75) is 19.9 Å². The minimum absolute atomic E-state index is 0.173. The van der Waals surface area contributed by atoms with Gasteiger partial charge in [0.25, 0.3) is 5.56 Å². The lowest BCUT2D eigenvalue weighted by Crippen LogP contribution is -2.21. The predicted octanol–water partition coefficient (Wildman–Crippen LogP) is 0.491. The molecule has 6 heteroatoms. The Kier molecular flexibility index (Phi) is 2.55. The van der Waals surface area contributed by atoms with Gasteiger partial charge in [0, 0.05) is 13.6 Å². The van der Waals surface area contributed by atoms with E-state index in [4.69, 9.17) is 0 Å². The SMILES string of the molecule is C=C(CC)Cn1cnc2c(nnn2C)c1=O. The summed E-state index contributed by atoms with van der Waals surface area (Å²) >= 11 is 0. The van der Waals surface area contributed by atoms with Crippen LogP contribution in [0.1, 0.15) is 13.3 Å². The van der Waals surface area contributed by atoms with Crippen molar-refractivity contribution in [3.63, 3.8) is 0 Å². The van der Waals surface area contributed by atoms with Crippen LogP contribution in [-0.2, 0) is 13.6 Å². The maximum Gasteiger partial charge on any atom is 0.283 e. The second kappa shape index (κ2) is 3.88. The standard InChI is InChI=1S/C10H13N5O/c1-4-7(2)5-15-6-11-9-8(10(15)16)12-13-14(9)3/h6H,2,4-5H2,1,3H3. The molecule has 6 nitrogen and oxygen atoms in total. The van der Waals surface area contributed by atoms with E-state index in [1.165, 1.54) is 15.6 Å². The van der Waals surface area contributed by atoms with Gasteiger partial charge in [-0.1, -0.05) is 24.3 Å². The Morgan fingerprint density at radius 2 is 2.31 bits per heavy atom. The third-order valence-electron chi connectivity index (χ3n) is 2.47. The fourth-order valence-corrected chi connectivity index (χ4v) is 1.41. The Bertz CT molecular complexity index is 595. The van der Waals surface area contributed by atoms with Gasteiger partial charge in [0.1, 0.15) is 6.33 Å². The second-order valence-corrected chi connectivity index (χ2v) is 3.67. The minimum atomic E-state index is -0.173. The van der Waals surface area contributed by atoms with E-state index < -0.39 is 0 Å². The van der Waals surface area contributed by atoms with Crippen LogP contribution >= 0.6 is 0 Å². The Labute approximate surface area is 92.2 Å². The maximum absolute atomic E-state index is 12.0. The molecule has 0 unspecified atom stereocenters. The van der Waals surface area contributed by atoms with Crippen LogP contribution in [0, 0.1) is 0 Å². The predicted molar refractivity (Wildman–Crippen MR) is 60.0 cm³/mol. The van der Waals surface area contributed by atoms with Gasteiger partial charge in [-0.2, -0.15) is 0 Å². The molecule has 0 aliphatic heterocycles. The molecule has 0 N–H and O–H groups in total. The number of aromatic nitrogens is 5. The van der Waals surface area contributed by atoms with E-state index in [9.17, 15) is 4.79 Å². The molecule has 0 aliphatic rings. The molecular weight excluding hydrogens is 206 g/mol. The van der Waals surface area contributed by atoms with Crippen molar-refractivity contribution in [2.75, 3.05) is 0 Å². The Hall–Kier alpha value is -1.98. The van der Waals surface area contributed by atoms with Crippen LogP contribution in [0.5, 0.6) is 0 Å². The van der Waals surface area contributed by atoms with Crippen LogP contribution in [0.15, 0.2) is 23.3 Å². The maximum atomic E-state index is 12.0. The largest absolute Gasteiger partial charge is 0.293 e. The van der Waals surface area contributed by atoms with Gasteiger partial charge in [-0.05, 0) is 6.42 Å². The zero-order valence-electron chi connectivity index (χ0n) is 9.34. The van der Waals surface area contributed by atoms with Gasteiger partial charge in [0.2, 0.25) is 0 Å². The van der Waals surface area contributed by atoms with Crippen molar-refractivity contribution < 1.29 is 0 Å². The van der Waals surface area contributed by atoms with Crippen LogP contribution in [0.4, 0.5) is 0 Å². The molecule has 2 aromatic rings. The molecule has 0 fully saturated rings. The van der Waals surface area contributed by atoms with E-state index in [2.05, 4.69) is 21.9 Å². The van der Waals surface area contributed by atoms with Crippen LogP contribution < -0.4 is 5.56 Å². The first kappa shape index (κ1) is 10.5. The molecule has 0 saturated heterocycles. The van der Waals surface area contributed by atoms with E-state index in [1.807, 2.05) is 6.92 Å². The highest BCUT2D eigenvalue weighted by atomic mass is 16.1. The van der Waals surface area contributed by atoms with Gasteiger partial charge < -0.3 is 0 Å². The van der Waals surface area contributed by atoms with Gasteiger partial charge in [-0.15, -0.1) is 5.10 Å². The van der Waals surface area contributed by atoms with E-state index in [0.29, 0.717) is 17.7 Å². The lowest BCUT2D eigenvalue weighted by Gasteiger charge is -2.05. The minimum Gasteiger partial charge on any atom is -0.293 e. The quantitative estimate of drug-likeness (QED) is 0.705. The van der Waals surface area contributed by atoms with Gasteiger partial charge >= 0.3 is 0 Å². The number of rotatable bonds is 3. The summed E-state index contributed by atoms with van der Waals surface area (Å²) in [5.74, 6) is 0. The molecule has 0 atom stereocenters. The van der Waals surface area contributed by atoms with Gasteiger partial charge in [-0.25, -0.2) is 9.67 Å². The summed E-state index contributed by atoms with van der Waals surface area (Å²) in [6.07, 6.45) is 2.35. The molecule has 0 radical (unpaired) electrons. The zero-order valence-corrected chi connectivity index (χ0v) is 9.34. The van der Waals surface area contributed by atoms with Crippen molar-refractivity contribution in [1.29, 1.82) is 0 Å². The molecule has 0 bridgehead atoms. The van der Waals surface area contributed by atoms with Gasteiger partial charge in [0.05, 0.1) is 0 Å². The first-order valence-corrected chi connectivity index (χ1v) is 5.05. The first-order valence-electron chi connectivity index (χ1n) is 5.05. The highest BCUT2D eigenvalue weighted by Gasteiger charge is 2.09. The normalized spacial score (nSPS) is 10.9. The van der Waals surface area contributed by atoms with E-state index >= 15 is 0 Å². The van der Waals surface area contributed by atoms with E-state index in [1.54, 1.807) is 7.05 Å². The molecule has 84 valence electrons. The molecule has 2 heterocycles. The second-order valence-electron chi connectivity index (χ2n) is 3.67. The van der Waals surface area contributed by atoms with Crippen LogP contribution in [-0.4, -0.2) is 24.5 Å². The van der Waals surface area contributed by atoms with E-state index in [-0.39, 0.29) is 5.56 Å². The number of hydrogen-bond donors (Lipinski definition) is 0. The van der Waals surface area contributed by atoms with Crippen molar-refractivity contribution in [2.24, 2.45) is 7.05 Å². The summed E-state index contributed by atoms with van der Waals surface area (Å²) in [6, 6.07) is 0. The molecule has 2 aromatic heterocycles. The van der Waals surface area contributed by atoms with Crippen molar-refractivity contribution in [3.8, 4) is 0 Å². The average molecular weight is 219 g/mol. The summed E-state index contributed by atoms with van der Waals surface area (Å²) in [5, 5.41) is 7.56. The third-order valence-corrected chi connectivity index (χ3v) is 2.47. The number of hydrogen-bond acceptors (Lipinski definition) is 4. The third kappa shape index (κ3) is 1.62. The zero-order chi connectivity index (χ0) is 11.7. The fourth-order valence-electron chi connectivity index (χ4n) is 1.41. The topological polar surface area (TPSA) is 65.6 Å².